The molecule has 0 atom stereocenters. The lowest BCUT2D eigenvalue weighted by Crippen LogP contribution is -2.46. The molecule has 1 N–H and O–H groups in total. The van der Waals surface area contributed by atoms with E-state index in [1.54, 1.807) is 10.7 Å². The zero-order chi connectivity index (χ0) is 25.1. The molecule has 0 aliphatic carbocycles. The number of aryl methyl sites for hydroxylation is 2. The van der Waals surface area contributed by atoms with Crippen LogP contribution in [0.5, 0.6) is 0 Å². The maximum Gasteiger partial charge on any atom is 0.287 e. The molecule has 2 aromatic carbocycles. The second-order valence-electron chi connectivity index (χ2n) is 9.19. The molecule has 0 unspecified atom stereocenters. The predicted molar refractivity (Wildman–Crippen MR) is 138 cm³/mol. The topological polar surface area (TPSA) is 80.4 Å². The molecule has 0 spiro atoms. The molecule has 3 heterocycles. The zero-order valence-electron chi connectivity index (χ0n) is 20.6. The Morgan fingerprint density at radius 3 is 2.39 bits per heavy atom. The average Bonchev–Trinajstić information content (AvgIpc) is 3.56. The molecule has 0 saturated carbocycles. The molecule has 1 aliphatic heterocycles. The highest BCUT2D eigenvalue weighted by Gasteiger charge is 2.29. The van der Waals surface area contributed by atoms with Gasteiger partial charge in [0.15, 0.2) is 5.76 Å². The highest BCUT2D eigenvalue weighted by molar-refractivity contribution is 6.00. The minimum absolute atomic E-state index is 0.000787. The quantitative estimate of drug-likeness (QED) is 0.418. The van der Waals surface area contributed by atoms with Crippen LogP contribution in [0.1, 0.15) is 51.8 Å². The fourth-order valence-electron chi connectivity index (χ4n) is 4.61. The Balaban J connectivity index is 1.35. The van der Waals surface area contributed by atoms with Gasteiger partial charge in [0.25, 0.3) is 11.8 Å². The number of rotatable bonds is 6. The third-order valence-corrected chi connectivity index (χ3v) is 6.79. The Kier molecular flexibility index (Phi) is 6.71. The van der Waals surface area contributed by atoms with Gasteiger partial charge in [-0.05, 0) is 49.9 Å². The molecule has 0 radical (unpaired) electrons. The molecule has 1 saturated heterocycles. The SMILES string of the molecule is CCc1ccc(-c2nn(-c3ccccc3)cc2C(=O)N2CCC(NC(=O)c3occc3C)CC2)cc1. The van der Waals surface area contributed by atoms with E-state index in [9.17, 15) is 9.59 Å². The lowest BCUT2D eigenvalue weighted by molar-refractivity contribution is 0.0696. The van der Waals surface area contributed by atoms with Gasteiger partial charge in [-0.3, -0.25) is 9.59 Å². The van der Waals surface area contributed by atoms with Crippen molar-refractivity contribution in [3.63, 3.8) is 0 Å². The highest BCUT2D eigenvalue weighted by Crippen LogP contribution is 2.27. The summed E-state index contributed by atoms with van der Waals surface area (Å²) in [5.41, 5.74) is 5.13. The minimum Gasteiger partial charge on any atom is -0.459 e. The minimum atomic E-state index is -0.204. The van der Waals surface area contributed by atoms with Gasteiger partial charge in [0.1, 0.15) is 5.69 Å². The Labute approximate surface area is 210 Å². The standard InChI is InChI=1S/C29H30N4O3/c1-3-21-9-11-22(12-10-21)26-25(19-33(31-26)24-7-5-4-6-8-24)29(35)32-16-13-23(14-17-32)30-28(34)27-20(2)15-18-36-27/h4-12,15,18-19,23H,3,13-14,16-17H2,1-2H3,(H,30,34). The lowest BCUT2D eigenvalue weighted by Gasteiger charge is -2.32. The Hall–Kier alpha value is -4.13. The van der Waals surface area contributed by atoms with Gasteiger partial charge >= 0.3 is 0 Å². The van der Waals surface area contributed by atoms with Gasteiger partial charge < -0.3 is 14.6 Å². The first-order valence-corrected chi connectivity index (χ1v) is 12.4. The van der Waals surface area contributed by atoms with Crippen LogP contribution in [0.15, 0.2) is 77.5 Å². The van der Waals surface area contributed by atoms with Gasteiger partial charge in [0, 0.05) is 36.5 Å². The molecule has 36 heavy (non-hydrogen) atoms. The van der Waals surface area contributed by atoms with Crippen LogP contribution in [0.25, 0.3) is 16.9 Å². The number of benzene rings is 2. The molecule has 7 heteroatoms. The molecule has 1 aliphatic rings. The summed E-state index contributed by atoms with van der Waals surface area (Å²) in [6.45, 7) is 5.09. The maximum absolute atomic E-state index is 13.7. The van der Waals surface area contributed by atoms with E-state index in [0.717, 1.165) is 23.2 Å². The van der Waals surface area contributed by atoms with Gasteiger partial charge in [-0.2, -0.15) is 5.10 Å². The number of nitrogens with zero attached hydrogens (tertiary/aromatic N) is 3. The number of likely N-dealkylation sites (tertiary alicyclic amines) is 1. The summed E-state index contributed by atoms with van der Waals surface area (Å²) in [4.78, 5) is 28.1. The smallest absolute Gasteiger partial charge is 0.287 e. The summed E-state index contributed by atoms with van der Waals surface area (Å²) >= 11 is 0. The summed E-state index contributed by atoms with van der Waals surface area (Å²) in [5, 5.41) is 7.86. The number of carbonyl (C=O) groups is 2. The fraction of sp³-hybridized carbons (Fsp3) is 0.276. The fourth-order valence-corrected chi connectivity index (χ4v) is 4.61. The summed E-state index contributed by atoms with van der Waals surface area (Å²) in [6, 6.07) is 19.8. The van der Waals surface area contributed by atoms with Gasteiger partial charge in [0.2, 0.25) is 0 Å². The Morgan fingerprint density at radius 2 is 1.75 bits per heavy atom. The number of furan rings is 1. The first kappa shape index (κ1) is 23.6. The molecule has 2 amide bonds. The van der Waals surface area contributed by atoms with Crippen molar-refractivity contribution in [2.45, 2.75) is 39.2 Å². The molecule has 2 aromatic heterocycles. The van der Waals surface area contributed by atoms with Crippen LogP contribution in [0.2, 0.25) is 0 Å². The zero-order valence-corrected chi connectivity index (χ0v) is 20.6. The van der Waals surface area contributed by atoms with Crippen molar-refractivity contribution in [1.82, 2.24) is 20.0 Å². The molecule has 7 nitrogen and oxygen atoms in total. The van der Waals surface area contributed by atoms with Crippen LogP contribution in [-0.4, -0.2) is 45.6 Å². The number of hydrogen-bond acceptors (Lipinski definition) is 4. The number of piperidine rings is 1. The normalized spacial score (nSPS) is 14.1. The molecule has 184 valence electrons. The van der Waals surface area contributed by atoms with E-state index in [-0.39, 0.29) is 17.9 Å². The lowest BCUT2D eigenvalue weighted by atomic mass is 10.0. The van der Waals surface area contributed by atoms with Crippen molar-refractivity contribution in [2.24, 2.45) is 0 Å². The summed E-state index contributed by atoms with van der Waals surface area (Å²) < 4.78 is 7.08. The van der Waals surface area contributed by atoms with Crippen LogP contribution in [0.4, 0.5) is 0 Å². The van der Waals surface area contributed by atoms with E-state index in [4.69, 9.17) is 9.52 Å². The second-order valence-corrected chi connectivity index (χ2v) is 9.19. The summed E-state index contributed by atoms with van der Waals surface area (Å²) in [5.74, 6) is 0.100. The van der Waals surface area contributed by atoms with Crippen molar-refractivity contribution in [2.75, 3.05) is 13.1 Å². The molecular formula is C29H30N4O3. The first-order chi connectivity index (χ1) is 17.5. The van der Waals surface area contributed by atoms with Crippen LogP contribution >= 0.6 is 0 Å². The Bertz CT molecular complexity index is 1350. The van der Waals surface area contributed by atoms with Gasteiger partial charge in [-0.15, -0.1) is 0 Å². The largest absolute Gasteiger partial charge is 0.459 e. The van der Waals surface area contributed by atoms with E-state index in [0.29, 0.717) is 42.9 Å². The average molecular weight is 483 g/mol. The van der Waals surface area contributed by atoms with Crippen molar-refractivity contribution < 1.29 is 14.0 Å². The van der Waals surface area contributed by atoms with Crippen molar-refractivity contribution in [3.05, 3.63) is 95.6 Å². The molecule has 5 rings (SSSR count). The second kappa shape index (κ2) is 10.2. The summed E-state index contributed by atoms with van der Waals surface area (Å²) in [6.07, 6.45) is 5.67. The van der Waals surface area contributed by atoms with Crippen molar-refractivity contribution in [3.8, 4) is 16.9 Å². The van der Waals surface area contributed by atoms with Gasteiger partial charge in [0.05, 0.1) is 17.5 Å². The summed E-state index contributed by atoms with van der Waals surface area (Å²) in [7, 11) is 0. The molecule has 4 aromatic rings. The van der Waals surface area contributed by atoms with Crippen LogP contribution in [0, 0.1) is 6.92 Å². The van der Waals surface area contributed by atoms with E-state index in [1.807, 2.05) is 60.5 Å². The highest BCUT2D eigenvalue weighted by atomic mass is 16.3. The number of carbonyl (C=O) groups excluding carboxylic acids is 2. The van der Waals surface area contributed by atoms with E-state index >= 15 is 0 Å². The van der Waals surface area contributed by atoms with E-state index in [1.165, 1.54) is 11.8 Å². The maximum atomic E-state index is 13.7. The van der Waals surface area contributed by atoms with Crippen molar-refractivity contribution in [1.29, 1.82) is 0 Å². The molecular weight excluding hydrogens is 452 g/mol. The van der Waals surface area contributed by atoms with Crippen LogP contribution in [-0.2, 0) is 6.42 Å². The number of amides is 2. The molecule has 1 fully saturated rings. The van der Waals surface area contributed by atoms with Crippen LogP contribution < -0.4 is 5.32 Å². The van der Waals surface area contributed by atoms with E-state index in [2.05, 4.69) is 24.4 Å². The first-order valence-electron chi connectivity index (χ1n) is 12.4. The number of nitrogens with one attached hydrogen (secondary N) is 1. The number of para-hydroxylation sites is 1. The number of hydrogen-bond donors (Lipinski definition) is 1. The Morgan fingerprint density at radius 1 is 1.03 bits per heavy atom. The third-order valence-electron chi connectivity index (χ3n) is 6.79. The van der Waals surface area contributed by atoms with Gasteiger partial charge in [-0.1, -0.05) is 49.4 Å². The monoisotopic (exact) mass is 482 g/mol. The van der Waals surface area contributed by atoms with Crippen LogP contribution in [0.3, 0.4) is 0 Å². The predicted octanol–water partition coefficient (Wildman–Crippen LogP) is 5.04. The van der Waals surface area contributed by atoms with E-state index < -0.39 is 0 Å². The number of aromatic nitrogens is 2. The van der Waals surface area contributed by atoms with Crippen molar-refractivity contribution >= 4 is 11.8 Å². The molecule has 0 bridgehead atoms. The third kappa shape index (κ3) is 4.82. The van der Waals surface area contributed by atoms with Gasteiger partial charge in [-0.25, -0.2) is 4.68 Å².